The first-order valence-corrected chi connectivity index (χ1v) is 5.82. The molecule has 92 valence electrons. The molecule has 0 bridgehead atoms. The molecule has 4 nitrogen and oxygen atoms in total. The summed E-state index contributed by atoms with van der Waals surface area (Å²) in [5, 5.41) is 4.14. The number of pyridine rings is 1. The molecular formula is C14H15N3O. The number of nitrogens with one attached hydrogen (secondary N) is 1. The van der Waals surface area contributed by atoms with Crippen LogP contribution in [0.5, 0.6) is 5.75 Å². The highest BCUT2D eigenvalue weighted by atomic mass is 16.5. The van der Waals surface area contributed by atoms with Gasteiger partial charge >= 0.3 is 0 Å². The van der Waals surface area contributed by atoms with E-state index in [0.29, 0.717) is 12.4 Å². The molecule has 0 unspecified atom stereocenters. The van der Waals surface area contributed by atoms with E-state index in [1.807, 2.05) is 49.4 Å². The van der Waals surface area contributed by atoms with E-state index in [0.717, 1.165) is 11.3 Å². The summed E-state index contributed by atoms with van der Waals surface area (Å²) in [7, 11) is 0. The topological polar surface area (TPSA) is 46.5 Å². The number of rotatable bonds is 5. The molecule has 1 aromatic carbocycles. The minimum Gasteiger partial charge on any atom is -0.493 e. The first-order chi connectivity index (χ1) is 8.90. The lowest BCUT2D eigenvalue weighted by Gasteiger charge is -2.05. The van der Waals surface area contributed by atoms with Gasteiger partial charge in [-0.2, -0.15) is 5.10 Å². The molecule has 2 aromatic rings. The average molecular weight is 241 g/mol. The van der Waals surface area contributed by atoms with Crippen molar-refractivity contribution < 1.29 is 4.74 Å². The number of hydrogen-bond donors (Lipinski definition) is 1. The van der Waals surface area contributed by atoms with Crippen LogP contribution in [0.1, 0.15) is 12.5 Å². The second-order valence-electron chi connectivity index (χ2n) is 3.56. The van der Waals surface area contributed by atoms with Crippen molar-refractivity contribution in [3.8, 4) is 5.75 Å². The molecule has 1 N–H and O–H groups in total. The number of benzene rings is 1. The van der Waals surface area contributed by atoms with Crippen molar-refractivity contribution in [2.24, 2.45) is 5.10 Å². The van der Waals surface area contributed by atoms with E-state index in [1.165, 1.54) is 0 Å². The van der Waals surface area contributed by atoms with E-state index < -0.39 is 0 Å². The Morgan fingerprint density at radius 2 is 2.06 bits per heavy atom. The zero-order valence-corrected chi connectivity index (χ0v) is 10.2. The molecule has 0 saturated heterocycles. The van der Waals surface area contributed by atoms with Crippen LogP contribution in [0.3, 0.4) is 0 Å². The summed E-state index contributed by atoms with van der Waals surface area (Å²) in [6.45, 7) is 2.60. The lowest BCUT2D eigenvalue weighted by atomic mass is 10.2. The van der Waals surface area contributed by atoms with Gasteiger partial charge < -0.3 is 4.74 Å². The van der Waals surface area contributed by atoms with E-state index in [4.69, 9.17) is 4.74 Å². The van der Waals surface area contributed by atoms with E-state index in [9.17, 15) is 0 Å². The number of ether oxygens (including phenoxy) is 1. The molecule has 0 amide bonds. The highest BCUT2D eigenvalue weighted by Crippen LogP contribution is 2.15. The maximum absolute atomic E-state index is 5.51. The van der Waals surface area contributed by atoms with E-state index in [1.54, 1.807) is 12.4 Å². The molecule has 0 spiro atoms. The van der Waals surface area contributed by atoms with Gasteiger partial charge in [0.2, 0.25) is 0 Å². The fraction of sp³-hybridized carbons (Fsp3) is 0.143. The van der Waals surface area contributed by atoms with Crippen molar-refractivity contribution in [2.75, 3.05) is 12.0 Å². The number of para-hydroxylation sites is 1. The molecule has 0 saturated carbocycles. The Hall–Kier alpha value is -2.36. The third-order valence-electron chi connectivity index (χ3n) is 2.27. The van der Waals surface area contributed by atoms with Crippen LogP contribution in [-0.4, -0.2) is 17.8 Å². The van der Waals surface area contributed by atoms with Gasteiger partial charge in [0.25, 0.3) is 0 Å². The monoisotopic (exact) mass is 241 g/mol. The molecule has 0 aliphatic rings. The van der Waals surface area contributed by atoms with Gasteiger partial charge in [0, 0.05) is 11.8 Å². The zero-order chi connectivity index (χ0) is 12.6. The maximum atomic E-state index is 5.51. The van der Waals surface area contributed by atoms with Gasteiger partial charge in [0.1, 0.15) is 11.6 Å². The molecule has 0 fully saturated rings. The average Bonchev–Trinajstić information content (AvgIpc) is 2.42. The molecule has 1 aromatic heterocycles. The Labute approximate surface area is 106 Å². The minimum absolute atomic E-state index is 0.637. The minimum atomic E-state index is 0.637. The van der Waals surface area contributed by atoms with Crippen LogP contribution >= 0.6 is 0 Å². The Balaban J connectivity index is 2.05. The summed E-state index contributed by atoms with van der Waals surface area (Å²) in [6, 6.07) is 13.4. The molecule has 0 radical (unpaired) electrons. The second kappa shape index (κ2) is 6.39. The molecule has 0 atom stereocenters. The highest BCUT2D eigenvalue weighted by Gasteiger charge is 1.98. The zero-order valence-electron chi connectivity index (χ0n) is 10.2. The van der Waals surface area contributed by atoms with Crippen molar-refractivity contribution in [1.29, 1.82) is 0 Å². The molecular weight excluding hydrogens is 226 g/mol. The molecule has 0 aliphatic carbocycles. The van der Waals surface area contributed by atoms with Crippen LogP contribution in [0.2, 0.25) is 0 Å². The van der Waals surface area contributed by atoms with Crippen molar-refractivity contribution >= 4 is 12.0 Å². The summed E-state index contributed by atoms with van der Waals surface area (Å²) in [6.07, 6.45) is 3.44. The van der Waals surface area contributed by atoms with Gasteiger partial charge in [-0.1, -0.05) is 18.2 Å². The van der Waals surface area contributed by atoms with E-state index in [2.05, 4.69) is 15.5 Å². The van der Waals surface area contributed by atoms with Gasteiger partial charge in [0.05, 0.1) is 12.8 Å². The Morgan fingerprint density at radius 3 is 2.83 bits per heavy atom. The summed E-state index contributed by atoms with van der Waals surface area (Å²) in [4.78, 5) is 4.11. The standard InChI is InChI=1S/C14H15N3O/c1-2-18-13-8-4-3-7-12(13)11-16-17-14-9-5-6-10-15-14/h3-11H,2H2,1H3,(H,15,17). The van der Waals surface area contributed by atoms with Crippen LogP contribution in [-0.2, 0) is 0 Å². The van der Waals surface area contributed by atoms with E-state index >= 15 is 0 Å². The third kappa shape index (κ3) is 3.31. The SMILES string of the molecule is CCOc1ccccc1C=NNc1ccccn1. The normalized spacial score (nSPS) is 10.5. The van der Waals surface area contributed by atoms with Crippen LogP contribution in [0.15, 0.2) is 53.8 Å². The first-order valence-electron chi connectivity index (χ1n) is 5.82. The molecule has 4 heteroatoms. The molecule has 18 heavy (non-hydrogen) atoms. The van der Waals surface area contributed by atoms with Gasteiger partial charge in [-0.15, -0.1) is 0 Å². The Bertz CT molecular complexity index is 511. The summed E-state index contributed by atoms with van der Waals surface area (Å²) < 4.78 is 5.51. The Kier molecular flexibility index (Phi) is 4.30. The van der Waals surface area contributed by atoms with Gasteiger partial charge in [0.15, 0.2) is 0 Å². The number of aromatic nitrogens is 1. The van der Waals surface area contributed by atoms with Crippen molar-refractivity contribution in [3.05, 3.63) is 54.2 Å². The lowest BCUT2D eigenvalue weighted by molar-refractivity contribution is 0.340. The van der Waals surface area contributed by atoms with Gasteiger partial charge in [-0.25, -0.2) is 4.98 Å². The fourth-order valence-electron chi connectivity index (χ4n) is 1.47. The Morgan fingerprint density at radius 1 is 1.22 bits per heavy atom. The molecule has 1 heterocycles. The summed E-state index contributed by atoms with van der Waals surface area (Å²) >= 11 is 0. The van der Waals surface area contributed by atoms with Crippen molar-refractivity contribution in [2.45, 2.75) is 6.92 Å². The molecule has 2 rings (SSSR count). The van der Waals surface area contributed by atoms with Gasteiger partial charge in [-0.3, -0.25) is 5.43 Å². The highest BCUT2D eigenvalue weighted by molar-refractivity contribution is 5.83. The van der Waals surface area contributed by atoms with Crippen molar-refractivity contribution in [1.82, 2.24) is 4.98 Å². The fourth-order valence-corrected chi connectivity index (χ4v) is 1.47. The third-order valence-corrected chi connectivity index (χ3v) is 2.27. The predicted octanol–water partition coefficient (Wildman–Crippen LogP) is 2.93. The summed E-state index contributed by atoms with van der Waals surface area (Å²) in [5.41, 5.74) is 3.80. The largest absolute Gasteiger partial charge is 0.493 e. The number of hydrogen-bond acceptors (Lipinski definition) is 4. The smallest absolute Gasteiger partial charge is 0.146 e. The van der Waals surface area contributed by atoms with Crippen LogP contribution < -0.4 is 10.2 Å². The van der Waals surface area contributed by atoms with Crippen LogP contribution in [0.4, 0.5) is 5.82 Å². The van der Waals surface area contributed by atoms with Crippen LogP contribution in [0.25, 0.3) is 0 Å². The summed E-state index contributed by atoms with van der Waals surface area (Å²) in [5.74, 6) is 1.54. The number of hydrazone groups is 1. The predicted molar refractivity (Wildman–Crippen MR) is 73.1 cm³/mol. The van der Waals surface area contributed by atoms with Crippen molar-refractivity contribution in [3.63, 3.8) is 0 Å². The van der Waals surface area contributed by atoms with Crippen LogP contribution in [0, 0.1) is 0 Å². The second-order valence-corrected chi connectivity index (χ2v) is 3.56. The van der Waals surface area contributed by atoms with E-state index in [-0.39, 0.29) is 0 Å². The quantitative estimate of drug-likeness (QED) is 0.646. The van der Waals surface area contributed by atoms with Gasteiger partial charge in [-0.05, 0) is 31.2 Å². The number of nitrogens with zero attached hydrogens (tertiary/aromatic N) is 2. The maximum Gasteiger partial charge on any atom is 0.146 e. The lowest BCUT2D eigenvalue weighted by Crippen LogP contribution is -1.97. The molecule has 0 aliphatic heterocycles. The first kappa shape index (κ1) is 12.1. The number of anilines is 1.